The second kappa shape index (κ2) is 12.3. The Morgan fingerprint density at radius 3 is 1.61 bits per heavy atom. The normalized spacial score (nSPS) is 13.4. The predicted molar refractivity (Wildman–Crippen MR) is 119 cm³/mol. The van der Waals surface area contributed by atoms with E-state index in [-0.39, 0.29) is 0 Å². The van der Waals surface area contributed by atoms with Gasteiger partial charge < -0.3 is 0 Å². The van der Waals surface area contributed by atoms with Crippen LogP contribution in [0.15, 0.2) is 30.3 Å². The zero-order valence-electron chi connectivity index (χ0n) is 18.5. The molecule has 0 atom stereocenters. The van der Waals surface area contributed by atoms with E-state index >= 15 is 0 Å². The Bertz CT molecular complexity index is 563. The Labute approximate surface area is 174 Å². The van der Waals surface area contributed by atoms with Crippen molar-refractivity contribution in [2.45, 2.75) is 92.6 Å². The molecular formula is C24H39F3Sn. The summed E-state index contributed by atoms with van der Waals surface area (Å²) in [6, 6.07) is 6.04. The number of unbranched alkanes of at least 4 members (excludes halogenated alkanes) is 3. The van der Waals surface area contributed by atoms with Crippen LogP contribution < -0.4 is 0 Å². The fraction of sp³-hybridized carbons (Fsp3) is 0.667. The van der Waals surface area contributed by atoms with Crippen LogP contribution in [0.5, 0.6) is 0 Å². The number of benzene rings is 1. The van der Waals surface area contributed by atoms with Crippen molar-refractivity contribution in [2.24, 2.45) is 5.92 Å². The van der Waals surface area contributed by atoms with Crippen LogP contribution in [0.4, 0.5) is 13.2 Å². The Hall–Kier alpha value is -0.451. The summed E-state index contributed by atoms with van der Waals surface area (Å²) in [5.74, 6) is 0.415. The van der Waals surface area contributed by atoms with Crippen LogP contribution >= 0.6 is 0 Å². The summed E-state index contributed by atoms with van der Waals surface area (Å²) < 4.78 is 44.6. The average Bonchev–Trinajstić information content (AvgIpc) is 2.65. The molecule has 0 amide bonds. The molecule has 1 aromatic rings. The first kappa shape index (κ1) is 25.6. The van der Waals surface area contributed by atoms with Gasteiger partial charge in [0.05, 0.1) is 0 Å². The number of halogens is 3. The van der Waals surface area contributed by atoms with Crippen molar-refractivity contribution in [3.8, 4) is 0 Å². The van der Waals surface area contributed by atoms with Crippen molar-refractivity contribution in [1.82, 2.24) is 0 Å². The van der Waals surface area contributed by atoms with E-state index in [1.807, 2.05) is 0 Å². The van der Waals surface area contributed by atoms with E-state index in [1.54, 1.807) is 12.1 Å². The molecule has 0 heterocycles. The summed E-state index contributed by atoms with van der Waals surface area (Å²) in [5.41, 5.74) is 0.512. The van der Waals surface area contributed by atoms with E-state index in [0.717, 1.165) is 5.56 Å². The SMILES string of the molecule is CCC[CH2][Sn]([CH2]CCC)([CH2]CCC)/[C](=C/C(C)C)c1ccc(C(F)(F)F)cc1. The molecule has 0 saturated heterocycles. The summed E-state index contributed by atoms with van der Waals surface area (Å²) in [5, 5.41) is 0. The molecule has 0 spiro atoms. The molecule has 4 heteroatoms. The zero-order valence-corrected chi connectivity index (χ0v) is 21.3. The van der Waals surface area contributed by atoms with Crippen molar-refractivity contribution >= 4 is 22.0 Å². The minimum absolute atomic E-state index is 0.415. The summed E-state index contributed by atoms with van der Waals surface area (Å²) in [6.45, 7) is 11.1. The fourth-order valence-corrected chi connectivity index (χ4v) is 21.5. The molecule has 0 saturated carbocycles. The van der Waals surface area contributed by atoms with Crippen LogP contribution in [-0.2, 0) is 6.18 Å². The molecule has 0 radical (unpaired) electrons. The van der Waals surface area contributed by atoms with Gasteiger partial charge in [0.2, 0.25) is 0 Å². The van der Waals surface area contributed by atoms with E-state index in [9.17, 15) is 13.2 Å². The second-order valence-corrected chi connectivity index (χ2v) is 21.6. The standard InChI is InChI=1S/C12H12F3.3C4H9.Sn/c1-9(2)3-4-10-5-7-11(8-6-10)12(13,14)15;3*1-3-4-2;/h3,5-9H,1-2H3;3*1,3-4H2,2H3;. The molecule has 0 aliphatic carbocycles. The van der Waals surface area contributed by atoms with Crippen molar-refractivity contribution in [3.63, 3.8) is 0 Å². The van der Waals surface area contributed by atoms with Crippen LogP contribution in [0.3, 0.4) is 0 Å². The maximum atomic E-state index is 13.1. The summed E-state index contributed by atoms with van der Waals surface area (Å²) in [4.78, 5) is 0. The molecular weight excluding hydrogens is 464 g/mol. The van der Waals surface area contributed by atoms with Crippen molar-refractivity contribution < 1.29 is 13.2 Å². The van der Waals surface area contributed by atoms with Gasteiger partial charge in [-0.15, -0.1) is 0 Å². The van der Waals surface area contributed by atoms with Gasteiger partial charge in [0.25, 0.3) is 0 Å². The van der Waals surface area contributed by atoms with Gasteiger partial charge in [-0.25, -0.2) is 0 Å². The Morgan fingerprint density at radius 2 is 1.29 bits per heavy atom. The summed E-state index contributed by atoms with van der Waals surface area (Å²) in [7, 11) is 0. The van der Waals surface area contributed by atoms with Crippen LogP contribution in [0, 0.1) is 5.92 Å². The van der Waals surface area contributed by atoms with Crippen molar-refractivity contribution in [1.29, 1.82) is 0 Å². The molecule has 0 unspecified atom stereocenters. The van der Waals surface area contributed by atoms with E-state index in [2.05, 4.69) is 40.7 Å². The van der Waals surface area contributed by atoms with Gasteiger partial charge in [-0.3, -0.25) is 0 Å². The van der Waals surface area contributed by atoms with Gasteiger partial charge in [-0.05, 0) is 0 Å². The third kappa shape index (κ3) is 7.76. The molecule has 0 bridgehead atoms. The van der Waals surface area contributed by atoms with Crippen molar-refractivity contribution in [3.05, 3.63) is 41.5 Å². The third-order valence-electron chi connectivity index (χ3n) is 5.62. The molecule has 1 aromatic carbocycles. The first-order chi connectivity index (χ1) is 13.2. The second-order valence-electron chi connectivity index (χ2n) is 8.49. The first-order valence-electron chi connectivity index (χ1n) is 11.1. The Kier molecular flexibility index (Phi) is 11.2. The number of allylic oxidation sites excluding steroid dienone is 1. The average molecular weight is 503 g/mol. The van der Waals surface area contributed by atoms with Crippen LogP contribution in [0.1, 0.15) is 84.3 Å². The predicted octanol–water partition coefficient (Wildman–Crippen LogP) is 9.13. The number of hydrogen-bond donors (Lipinski definition) is 0. The Morgan fingerprint density at radius 1 is 0.857 bits per heavy atom. The minimum atomic E-state index is -4.27. The molecule has 0 nitrogen and oxygen atoms in total. The number of hydrogen-bond acceptors (Lipinski definition) is 0. The first-order valence-corrected chi connectivity index (χ1v) is 18.6. The summed E-state index contributed by atoms with van der Waals surface area (Å²) >= 11 is -2.72. The molecule has 160 valence electrons. The van der Waals surface area contributed by atoms with Crippen LogP contribution in [0.2, 0.25) is 13.3 Å². The number of rotatable bonds is 12. The van der Waals surface area contributed by atoms with E-state index in [0.29, 0.717) is 5.92 Å². The molecule has 0 aromatic heterocycles. The van der Waals surface area contributed by atoms with E-state index < -0.39 is 30.1 Å². The summed E-state index contributed by atoms with van der Waals surface area (Å²) in [6.07, 6.45) is 5.46. The molecule has 0 aliphatic heterocycles. The topological polar surface area (TPSA) is 0 Å². The quantitative estimate of drug-likeness (QED) is 0.250. The Balaban J connectivity index is 3.46. The van der Waals surface area contributed by atoms with E-state index in [4.69, 9.17) is 0 Å². The van der Waals surface area contributed by atoms with E-state index in [1.165, 1.54) is 67.6 Å². The van der Waals surface area contributed by atoms with Crippen LogP contribution in [0.25, 0.3) is 3.59 Å². The maximum absolute atomic E-state index is 13.1. The monoisotopic (exact) mass is 504 g/mol. The van der Waals surface area contributed by atoms with Gasteiger partial charge in [-0.1, -0.05) is 0 Å². The van der Waals surface area contributed by atoms with Gasteiger partial charge in [0.1, 0.15) is 0 Å². The molecule has 0 N–H and O–H groups in total. The number of alkyl halides is 3. The third-order valence-corrected chi connectivity index (χ3v) is 21.4. The molecule has 28 heavy (non-hydrogen) atoms. The van der Waals surface area contributed by atoms with Crippen molar-refractivity contribution in [2.75, 3.05) is 0 Å². The molecule has 1 rings (SSSR count). The molecule has 0 fully saturated rings. The fourth-order valence-electron chi connectivity index (χ4n) is 4.08. The van der Waals surface area contributed by atoms with Gasteiger partial charge >= 0.3 is 175 Å². The zero-order chi connectivity index (χ0) is 21.2. The van der Waals surface area contributed by atoms with Gasteiger partial charge in [-0.2, -0.15) is 0 Å². The van der Waals surface area contributed by atoms with Gasteiger partial charge in [0, 0.05) is 0 Å². The molecule has 0 aliphatic rings. The van der Waals surface area contributed by atoms with Gasteiger partial charge in [0.15, 0.2) is 0 Å². The van der Waals surface area contributed by atoms with Crippen LogP contribution in [-0.4, -0.2) is 18.4 Å².